The van der Waals surface area contributed by atoms with Gasteiger partial charge in [0.05, 0.1) is 5.69 Å². The van der Waals surface area contributed by atoms with E-state index in [1.807, 2.05) is 17.5 Å². The van der Waals surface area contributed by atoms with Crippen molar-refractivity contribution in [2.45, 2.75) is 20.0 Å². The number of aromatic nitrogens is 1. The first-order valence-corrected chi connectivity index (χ1v) is 9.29. The lowest BCUT2D eigenvalue weighted by Crippen LogP contribution is -1.97. The Bertz CT molecular complexity index is 1100. The predicted molar refractivity (Wildman–Crippen MR) is 104 cm³/mol. The Labute approximate surface area is 154 Å². The highest BCUT2D eigenvalue weighted by atomic mass is 32.1. The van der Waals surface area contributed by atoms with Gasteiger partial charge in [-0.2, -0.15) is 0 Å². The minimum Gasteiger partial charge on any atom is -0.487 e. The number of fused-ring (bicyclic) bond motifs is 1. The van der Waals surface area contributed by atoms with Crippen LogP contribution in [-0.4, -0.2) is 4.98 Å². The molecule has 4 rings (SSSR count). The van der Waals surface area contributed by atoms with E-state index in [1.54, 1.807) is 23.5 Å². The molecule has 0 saturated heterocycles. The zero-order valence-electron chi connectivity index (χ0n) is 14.3. The molecule has 26 heavy (non-hydrogen) atoms. The van der Waals surface area contributed by atoms with E-state index in [1.165, 1.54) is 11.6 Å². The molecular formula is C21H17NO3S. The van der Waals surface area contributed by atoms with Crippen LogP contribution >= 0.6 is 11.3 Å². The summed E-state index contributed by atoms with van der Waals surface area (Å²) in [4.78, 5) is 16.0. The third kappa shape index (κ3) is 3.53. The average molecular weight is 363 g/mol. The van der Waals surface area contributed by atoms with Crippen LogP contribution < -0.4 is 10.4 Å². The minimum absolute atomic E-state index is 0.367. The number of benzene rings is 2. The Hall–Kier alpha value is -2.92. The van der Waals surface area contributed by atoms with Crippen molar-refractivity contribution in [1.82, 2.24) is 4.98 Å². The minimum atomic E-state index is -0.368. The molecule has 4 nitrogen and oxygen atoms in total. The second kappa shape index (κ2) is 7.14. The van der Waals surface area contributed by atoms with Crippen LogP contribution in [0.4, 0.5) is 0 Å². The van der Waals surface area contributed by atoms with Gasteiger partial charge in [0.25, 0.3) is 0 Å². The van der Waals surface area contributed by atoms with Crippen molar-refractivity contribution >= 4 is 22.3 Å². The van der Waals surface area contributed by atoms with E-state index in [0.717, 1.165) is 28.1 Å². The molecule has 0 fully saturated rings. The van der Waals surface area contributed by atoms with Crippen LogP contribution in [0.3, 0.4) is 0 Å². The van der Waals surface area contributed by atoms with Crippen LogP contribution in [0.1, 0.15) is 18.2 Å². The predicted octanol–water partition coefficient (Wildman–Crippen LogP) is 5.06. The molecule has 4 aromatic rings. The molecule has 0 aliphatic carbocycles. The zero-order valence-corrected chi connectivity index (χ0v) is 15.1. The molecule has 2 aromatic heterocycles. The van der Waals surface area contributed by atoms with Crippen LogP contribution in [0.2, 0.25) is 0 Å². The molecule has 130 valence electrons. The lowest BCUT2D eigenvalue weighted by molar-refractivity contribution is 0.302. The van der Waals surface area contributed by atoms with Crippen molar-refractivity contribution in [1.29, 1.82) is 0 Å². The van der Waals surface area contributed by atoms with Crippen molar-refractivity contribution in [2.24, 2.45) is 0 Å². The topological polar surface area (TPSA) is 52.3 Å². The molecule has 0 radical (unpaired) electrons. The van der Waals surface area contributed by atoms with Crippen LogP contribution in [0.15, 0.2) is 69.2 Å². The fourth-order valence-corrected chi connectivity index (χ4v) is 3.49. The lowest BCUT2D eigenvalue weighted by Gasteiger charge is -2.05. The number of rotatable bonds is 5. The van der Waals surface area contributed by atoms with Crippen molar-refractivity contribution in [2.75, 3.05) is 0 Å². The van der Waals surface area contributed by atoms with E-state index < -0.39 is 0 Å². The Morgan fingerprint density at radius 3 is 2.69 bits per heavy atom. The van der Waals surface area contributed by atoms with Crippen LogP contribution in [0.25, 0.3) is 21.5 Å². The summed E-state index contributed by atoms with van der Waals surface area (Å²) in [7, 11) is 0. The maximum Gasteiger partial charge on any atom is 0.336 e. The fourth-order valence-electron chi connectivity index (χ4n) is 2.68. The van der Waals surface area contributed by atoms with Gasteiger partial charge >= 0.3 is 5.63 Å². The van der Waals surface area contributed by atoms with E-state index in [-0.39, 0.29) is 5.63 Å². The Morgan fingerprint density at radius 2 is 1.88 bits per heavy atom. The second-order valence-electron chi connectivity index (χ2n) is 5.94. The fraction of sp³-hybridized carbons (Fsp3) is 0.143. The molecule has 0 atom stereocenters. The standard InChI is InChI=1S/C21H17NO3S/c1-2-14-3-5-16(6-4-14)21-22-17(13-26-21)12-24-18-9-7-15-8-10-20(23)25-19(15)11-18/h3-11,13H,2,12H2,1H3. The third-order valence-corrected chi connectivity index (χ3v) is 5.08. The number of aryl methyl sites for hydroxylation is 1. The number of ether oxygens (including phenoxy) is 1. The summed E-state index contributed by atoms with van der Waals surface area (Å²) < 4.78 is 11.0. The summed E-state index contributed by atoms with van der Waals surface area (Å²) in [5.74, 6) is 0.647. The molecule has 2 aromatic carbocycles. The highest BCUT2D eigenvalue weighted by Gasteiger charge is 2.07. The summed E-state index contributed by atoms with van der Waals surface area (Å²) >= 11 is 1.60. The zero-order chi connectivity index (χ0) is 17.9. The van der Waals surface area contributed by atoms with Gasteiger partial charge in [0.2, 0.25) is 0 Å². The third-order valence-electron chi connectivity index (χ3n) is 4.14. The normalized spacial score (nSPS) is 11.0. The molecule has 0 spiro atoms. The smallest absolute Gasteiger partial charge is 0.336 e. The van der Waals surface area contributed by atoms with Gasteiger partial charge in [-0.3, -0.25) is 0 Å². The molecule has 2 heterocycles. The molecule has 0 aliphatic heterocycles. The van der Waals surface area contributed by atoms with Gasteiger partial charge in [-0.25, -0.2) is 9.78 Å². The van der Waals surface area contributed by atoms with Crippen molar-refractivity contribution in [3.63, 3.8) is 0 Å². The van der Waals surface area contributed by atoms with Crippen LogP contribution in [0, 0.1) is 0 Å². The van der Waals surface area contributed by atoms with Gasteiger partial charge in [-0.05, 0) is 30.2 Å². The first-order chi connectivity index (χ1) is 12.7. The number of hydrogen-bond donors (Lipinski definition) is 0. The number of thiazole rings is 1. The van der Waals surface area contributed by atoms with Crippen molar-refractivity contribution in [3.05, 3.63) is 81.7 Å². The summed E-state index contributed by atoms with van der Waals surface area (Å²) in [6.45, 7) is 2.51. The van der Waals surface area contributed by atoms with E-state index >= 15 is 0 Å². The van der Waals surface area contributed by atoms with Gasteiger partial charge in [-0.15, -0.1) is 11.3 Å². The number of nitrogens with zero attached hydrogens (tertiary/aromatic N) is 1. The van der Waals surface area contributed by atoms with Gasteiger partial charge in [0.15, 0.2) is 0 Å². The maximum absolute atomic E-state index is 11.3. The van der Waals surface area contributed by atoms with E-state index in [4.69, 9.17) is 9.15 Å². The SMILES string of the molecule is CCc1ccc(-c2nc(COc3ccc4ccc(=O)oc4c3)cs2)cc1. The summed E-state index contributed by atoms with van der Waals surface area (Å²) in [5, 5.41) is 3.85. The largest absolute Gasteiger partial charge is 0.487 e. The number of hydrogen-bond acceptors (Lipinski definition) is 5. The van der Waals surface area contributed by atoms with Crippen LogP contribution in [0.5, 0.6) is 5.75 Å². The quantitative estimate of drug-likeness (QED) is 0.465. The molecule has 0 unspecified atom stereocenters. The molecule has 0 aliphatic rings. The molecule has 0 saturated carbocycles. The first kappa shape index (κ1) is 16.5. The summed E-state index contributed by atoms with van der Waals surface area (Å²) in [5.41, 5.74) is 3.46. The van der Waals surface area contributed by atoms with Gasteiger partial charge < -0.3 is 9.15 Å². The van der Waals surface area contributed by atoms with E-state index in [2.05, 4.69) is 36.2 Å². The molecule has 0 bridgehead atoms. The van der Waals surface area contributed by atoms with Gasteiger partial charge in [-0.1, -0.05) is 31.2 Å². The Balaban J connectivity index is 1.48. The molecule has 0 amide bonds. The molecular weight excluding hydrogens is 346 g/mol. The maximum atomic E-state index is 11.3. The second-order valence-corrected chi connectivity index (χ2v) is 6.80. The highest BCUT2D eigenvalue weighted by molar-refractivity contribution is 7.13. The van der Waals surface area contributed by atoms with Gasteiger partial charge in [0, 0.05) is 28.5 Å². The summed E-state index contributed by atoms with van der Waals surface area (Å²) in [6.07, 6.45) is 1.03. The van der Waals surface area contributed by atoms with E-state index in [9.17, 15) is 4.79 Å². The monoisotopic (exact) mass is 363 g/mol. The van der Waals surface area contributed by atoms with Crippen molar-refractivity contribution < 1.29 is 9.15 Å². The van der Waals surface area contributed by atoms with Gasteiger partial charge in [0.1, 0.15) is 22.9 Å². The Kier molecular flexibility index (Phi) is 4.54. The highest BCUT2D eigenvalue weighted by Crippen LogP contribution is 2.25. The van der Waals surface area contributed by atoms with Crippen LogP contribution in [-0.2, 0) is 13.0 Å². The lowest BCUT2D eigenvalue weighted by atomic mass is 10.1. The summed E-state index contributed by atoms with van der Waals surface area (Å²) in [6, 6.07) is 17.1. The molecule has 5 heteroatoms. The molecule has 0 N–H and O–H groups in total. The Morgan fingerprint density at radius 1 is 1.08 bits per heavy atom. The average Bonchev–Trinajstić information content (AvgIpc) is 3.15. The first-order valence-electron chi connectivity index (χ1n) is 8.42. The van der Waals surface area contributed by atoms with Crippen molar-refractivity contribution in [3.8, 4) is 16.3 Å². The van der Waals surface area contributed by atoms with E-state index in [0.29, 0.717) is 17.9 Å².